The Morgan fingerprint density at radius 3 is 2.74 bits per heavy atom. The number of ether oxygens (including phenoxy) is 1. The van der Waals surface area contributed by atoms with E-state index in [1.54, 1.807) is 21.0 Å². The Balaban J connectivity index is 2.13. The van der Waals surface area contributed by atoms with Crippen molar-refractivity contribution >= 4 is 22.4 Å². The predicted molar refractivity (Wildman–Crippen MR) is 69.3 cm³/mol. The van der Waals surface area contributed by atoms with E-state index in [9.17, 15) is 4.79 Å². The zero-order valence-electron chi connectivity index (χ0n) is 11.1. The normalized spacial score (nSPS) is 12.4. The van der Waals surface area contributed by atoms with Crippen LogP contribution in [0.4, 0.5) is 5.13 Å². The topological polar surface area (TPSA) is 90.1 Å². The number of carbonyl (C=O) groups excluding carboxylic acids is 1. The van der Waals surface area contributed by atoms with Crippen molar-refractivity contribution in [3.05, 3.63) is 22.0 Å². The van der Waals surface area contributed by atoms with Gasteiger partial charge in [-0.2, -0.15) is 0 Å². The number of anilines is 1. The van der Waals surface area contributed by atoms with Crippen LogP contribution in [0.3, 0.4) is 0 Å². The lowest BCUT2D eigenvalue weighted by Gasteiger charge is -2.02. The van der Waals surface area contributed by atoms with Crippen LogP contribution in [0.5, 0.6) is 0 Å². The predicted octanol–water partition coefficient (Wildman–Crippen LogP) is 2.10. The Morgan fingerprint density at radius 2 is 2.16 bits per heavy atom. The zero-order chi connectivity index (χ0) is 14.0. The summed E-state index contributed by atoms with van der Waals surface area (Å²) >= 11 is 1.27. The first-order valence-corrected chi connectivity index (χ1v) is 6.45. The molecule has 0 aromatic carbocycles. The monoisotopic (exact) mass is 282 g/mol. The molecule has 1 unspecified atom stereocenters. The van der Waals surface area contributed by atoms with E-state index in [1.807, 2.05) is 6.92 Å². The lowest BCUT2D eigenvalue weighted by Crippen LogP contribution is -2.13. The number of aryl methyl sites for hydroxylation is 2. The second-order valence-electron chi connectivity index (χ2n) is 3.98. The number of nitrogens with zero attached hydrogens (tertiary/aromatic N) is 3. The first kappa shape index (κ1) is 13.6. The van der Waals surface area contributed by atoms with Gasteiger partial charge in [0.1, 0.15) is 22.4 Å². The SMILES string of the molecule is COC(C)c1nnc(NC(=O)c2c(C)noc2C)s1. The summed E-state index contributed by atoms with van der Waals surface area (Å²) in [6.45, 7) is 5.26. The zero-order valence-corrected chi connectivity index (χ0v) is 11.9. The number of nitrogens with one attached hydrogen (secondary N) is 1. The smallest absolute Gasteiger partial charge is 0.263 e. The molecule has 7 nitrogen and oxygen atoms in total. The van der Waals surface area contributed by atoms with Gasteiger partial charge in [0.2, 0.25) is 5.13 Å². The van der Waals surface area contributed by atoms with Crippen LogP contribution >= 0.6 is 11.3 Å². The largest absolute Gasteiger partial charge is 0.374 e. The van der Waals surface area contributed by atoms with Crippen molar-refractivity contribution in [3.8, 4) is 0 Å². The van der Waals surface area contributed by atoms with E-state index in [0.29, 0.717) is 27.2 Å². The van der Waals surface area contributed by atoms with Gasteiger partial charge in [-0.1, -0.05) is 16.5 Å². The molecule has 0 saturated carbocycles. The van der Waals surface area contributed by atoms with Gasteiger partial charge in [0.25, 0.3) is 5.91 Å². The standard InChI is InChI=1S/C11H14N4O3S/c1-5-8(6(2)18-15-5)9(16)12-11-14-13-10(19-11)7(3)17-4/h7H,1-4H3,(H,12,14,16). The van der Waals surface area contributed by atoms with Crippen molar-refractivity contribution in [1.82, 2.24) is 15.4 Å². The molecule has 102 valence electrons. The average Bonchev–Trinajstić information content (AvgIpc) is 2.96. The number of carbonyl (C=O) groups is 1. The average molecular weight is 282 g/mol. The van der Waals surface area contributed by atoms with E-state index >= 15 is 0 Å². The van der Waals surface area contributed by atoms with Crippen molar-refractivity contribution in [3.63, 3.8) is 0 Å². The van der Waals surface area contributed by atoms with Gasteiger partial charge >= 0.3 is 0 Å². The first-order chi connectivity index (χ1) is 9.02. The van der Waals surface area contributed by atoms with E-state index in [4.69, 9.17) is 9.26 Å². The highest BCUT2D eigenvalue weighted by Gasteiger charge is 2.19. The quantitative estimate of drug-likeness (QED) is 0.923. The number of amides is 1. The molecule has 0 saturated heterocycles. The fourth-order valence-corrected chi connectivity index (χ4v) is 2.28. The van der Waals surface area contributed by atoms with Crippen LogP contribution in [-0.2, 0) is 4.74 Å². The number of rotatable bonds is 4. The molecule has 0 aliphatic rings. The number of hydrogen-bond acceptors (Lipinski definition) is 7. The van der Waals surface area contributed by atoms with Gasteiger partial charge in [-0.25, -0.2) is 0 Å². The second kappa shape index (κ2) is 5.45. The van der Waals surface area contributed by atoms with Gasteiger partial charge in [0.05, 0.1) is 5.69 Å². The summed E-state index contributed by atoms with van der Waals surface area (Å²) in [6.07, 6.45) is -0.151. The van der Waals surface area contributed by atoms with E-state index in [2.05, 4.69) is 20.7 Å². The molecule has 0 radical (unpaired) electrons. The van der Waals surface area contributed by atoms with Crippen molar-refractivity contribution in [2.45, 2.75) is 26.9 Å². The summed E-state index contributed by atoms with van der Waals surface area (Å²) < 4.78 is 10.1. The van der Waals surface area contributed by atoms with E-state index < -0.39 is 0 Å². The highest BCUT2D eigenvalue weighted by molar-refractivity contribution is 7.15. The van der Waals surface area contributed by atoms with Crippen LogP contribution in [0, 0.1) is 13.8 Å². The minimum atomic E-state index is -0.302. The lowest BCUT2D eigenvalue weighted by atomic mass is 10.2. The summed E-state index contributed by atoms with van der Waals surface area (Å²) in [7, 11) is 1.59. The molecule has 2 rings (SSSR count). The van der Waals surface area contributed by atoms with Crippen LogP contribution < -0.4 is 5.32 Å². The summed E-state index contributed by atoms with van der Waals surface area (Å²) in [5.74, 6) is 0.175. The maximum absolute atomic E-state index is 12.1. The van der Waals surface area contributed by atoms with E-state index in [1.165, 1.54) is 11.3 Å². The third-order valence-electron chi connectivity index (χ3n) is 2.62. The number of methoxy groups -OCH3 is 1. The van der Waals surface area contributed by atoms with Crippen LogP contribution in [0.1, 0.15) is 39.8 Å². The van der Waals surface area contributed by atoms with Crippen LogP contribution in [-0.4, -0.2) is 28.4 Å². The summed E-state index contributed by atoms with van der Waals surface area (Å²) in [5, 5.41) is 15.4. The Labute approximate surface area is 114 Å². The Bertz CT molecular complexity index is 573. The molecule has 0 spiro atoms. The summed E-state index contributed by atoms with van der Waals surface area (Å²) in [4.78, 5) is 12.1. The molecule has 1 atom stereocenters. The summed E-state index contributed by atoms with van der Waals surface area (Å²) in [6, 6.07) is 0. The Morgan fingerprint density at radius 1 is 1.42 bits per heavy atom. The van der Waals surface area contributed by atoms with Gasteiger partial charge in [-0.05, 0) is 20.8 Å². The molecule has 2 aromatic rings. The van der Waals surface area contributed by atoms with Crippen molar-refractivity contribution in [2.24, 2.45) is 0 Å². The molecule has 2 aromatic heterocycles. The molecular formula is C11H14N4O3S. The molecule has 2 heterocycles. The molecule has 19 heavy (non-hydrogen) atoms. The minimum absolute atomic E-state index is 0.151. The maximum atomic E-state index is 12.1. The minimum Gasteiger partial charge on any atom is -0.374 e. The van der Waals surface area contributed by atoms with Gasteiger partial charge in [0, 0.05) is 7.11 Å². The molecule has 0 aliphatic heterocycles. The summed E-state index contributed by atoms with van der Waals surface area (Å²) in [5.41, 5.74) is 0.974. The van der Waals surface area contributed by atoms with E-state index in [-0.39, 0.29) is 12.0 Å². The van der Waals surface area contributed by atoms with Gasteiger partial charge in [-0.15, -0.1) is 10.2 Å². The fourth-order valence-electron chi connectivity index (χ4n) is 1.52. The fraction of sp³-hybridized carbons (Fsp3) is 0.455. The van der Waals surface area contributed by atoms with E-state index in [0.717, 1.165) is 0 Å². The molecule has 0 aliphatic carbocycles. The van der Waals surface area contributed by atoms with Crippen LogP contribution in [0.2, 0.25) is 0 Å². The van der Waals surface area contributed by atoms with Gasteiger partial charge in [-0.3, -0.25) is 10.1 Å². The third kappa shape index (κ3) is 2.79. The van der Waals surface area contributed by atoms with Crippen LogP contribution in [0.15, 0.2) is 4.52 Å². The molecular weight excluding hydrogens is 268 g/mol. The number of aromatic nitrogens is 3. The lowest BCUT2D eigenvalue weighted by molar-refractivity contribution is 0.102. The number of hydrogen-bond donors (Lipinski definition) is 1. The van der Waals surface area contributed by atoms with Crippen molar-refractivity contribution in [2.75, 3.05) is 12.4 Å². The highest BCUT2D eigenvalue weighted by Crippen LogP contribution is 2.24. The molecule has 0 fully saturated rings. The molecule has 0 bridgehead atoms. The van der Waals surface area contributed by atoms with Crippen molar-refractivity contribution < 1.29 is 14.1 Å². The van der Waals surface area contributed by atoms with Crippen LogP contribution in [0.25, 0.3) is 0 Å². The highest BCUT2D eigenvalue weighted by atomic mass is 32.1. The Kier molecular flexibility index (Phi) is 3.91. The maximum Gasteiger partial charge on any atom is 0.263 e. The van der Waals surface area contributed by atoms with Crippen molar-refractivity contribution in [1.29, 1.82) is 0 Å². The molecule has 1 N–H and O–H groups in total. The Hall–Kier alpha value is -1.80. The molecule has 8 heteroatoms. The van der Waals surface area contributed by atoms with Gasteiger partial charge in [0.15, 0.2) is 0 Å². The van der Waals surface area contributed by atoms with Gasteiger partial charge < -0.3 is 9.26 Å². The third-order valence-corrected chi connectivity index (χ3v) is 3.62. The first-order valence-electron chi connectivity index (χ1n) is 5.63. The molecule has 1 amide bonds. The second-order valence-corrected chi connectivity index (χ2v) is 4.99.